The number of carbonyl (C=O) groups is 1. The summed E-state index contributed by atoms with van der Waals surface area (Å²) in [6, 6.07) is -1.04. The summed E-state index contributed by atoms with van der Waals surface area (Å²) in [7, 11) is -5.10. The van der Waals surface area contributed by atoms with E-state index >= 15 is 0 Å². The first-order chi connectivity index (χ1) is 24.9. The van der Waals surface area contributed by atoms with E-state index in [9.17, 15) is 38.7 Å². The van der Waals surface area contributed by atoms with E-state index < -0.39 is 78.5 Å². The highest BCUT2D eigenvalue weighted by atomic mass is 32.3. The van der Waals surface area contributed by atoms with E-state index in [1.807, 2.05) is 12.2 Å². The molecule has 0 spiro atoms. The number of allylic oxidation sites excluding steroid dienone is 2. The van der Waals surface area contributed by atoms with Gasteiger partial charge >= 0.3 is 10.4 Å². The lowest BCUT2D eigenvalue weighted by Crippen LogP contribution is -2.61. The fourth-order valence-electron chi connectivity index (χ4n) is 6.41. The Kier molecular flexibility index (Phi) is 28.2. The first kappa shape index (κ1) is 48.8. The number of nitrogens with one attached hydrogen (secondary N) is 1. The molecular weight excluding hydrogens is 694 g/mol. The third kappa shape index (κ3) is 22.9. The van der Waals surface area contributed by atoms with Crippen LogP contribution >= 0.6 is 0 Å². The fourth-order valence-corrected chi connectivity index (χ4v) is 6.92. The van der Waals surface area contributed by atoms with E-state index in [2.05, 4.69) is 23.3 Å². The van der Waals surface area contributed by atoms with Crippen molar-refractivity contribution in [3.63, 3.8) is 0 Å². The molecule has 0 saturated carbocycles. The number of carbonyl (C=O) groups excluding carboxylic acids is 1. The fraction of sp³-hybridized carbons (Fsp3) is 0.921. The van der Waals surface area contributed by atoms with Gasteiger partial charge in [-0.25, -0.2) is 4.18 Å². The summed E-state index contributed by atoms with van der Waals surface area (Å²) < 4.78 is 47.3. The van der Waals surface area contributed by atoms with Crippen LogP contribution in [-0.2, 0) is 28.9 Å². The largest absolute Gasteiger partial charge is 0.397 e. The van der Waals surface area contributed by atoms with E-state index in [0.717, 1.165) is 44.9 Å². The molecule has 0 aromatic carbocycles. The molecule has 52 heavy (non-hydrogen) atoms. The maximum Gasteiger partial charge on any atom is 0.397 e. The Morgan fingerprint density at radius 1 is 0.750 bits per heavy atom. The smallest absolute Gasteiger partial charge is 0.394 e. The van der Waals surface area contributed by atoms with Crippen molar-refractivity contribution in [1.29, 1.82) is 0 Å². The van der Waals surface area contributed by atoms with E-state index in [-0.39, 0.29) is 6.42 Å². The van der Waals surface area contributed by atoms with Crippen LogP contribution in [0.4, 0.5) is 0 Å². The minimum atomic E-state index is -5.10. The predicted octanol–water partition coefficient (Wildman–Crippen LogP) is 5.40. The quantitative estimate of drug-likeness (QED) is 0.0254. The molecule has 13 nitrogen and oxygen atoms in total. The SMILES string of the molecule is CCCCCC/C=C\CCC(O)C(=O)NC(COC1OC(CO)C(O)C(OS(=O)(=O)O)C1O)C(O)CCCCCCCCCCCCCCCCC. The van der Waals surface area contributed by atoms with Gasteiger partial charge < -0.3 is 40.3 Å². The lowest BCUT2D eigenvalue weighted by molar-refractivity contribution is -0.298. The minimum absolute atomic E-state index is 0.176. The van der Waals surface area contributed by atoms with Crippen LogP contribution in [0, 0.1) is 0 Å². The van der Waals surface area contributed by atoms with Crippen molar-refractivity contribution in [3.05, 3.63) is 12.2 Å². The Balaban J connectivity index is 2.64. The predicted molar refractivity (Wildman–Crippen MR) is 201 cm³/mol. The Bertz CT molecular complexity index is 1020. The summed E-state index contributed by atoms with van der Waals surface area (Å²) in [6.45, 7) is 3.18. The second kappa shape index (κ2) is 30.1. The lowest BCUT2D eigenvalue weighted by Gasteiger charge is -2.41. The van der Waals surface area contributed by atoms with Crippen molar-refractivity contribution in [3.8, 4) is 0 Å². The minimum Gasteiger partial charge on any atom is -0.394 e. The van der Waals surface area contributed by atoms with Crippen molar-refractivity contribution in [2.24, 2.45) is 0 Å². The molecule has 0 bridgehead atoms. The molecule has 1 rings (SSSR count). The Morgan fingerprint density at radius 3 is 1.77 bits per heavy atom. The van der Waals surface area contributed by atoms with Gasteiger partial charge in [0.15, 0.2) is 6.29 Å². The molecule has 0 aromatic rings. The monoisotopic (exact) mass is 767 g/mol. The van der Waals surface area contributed by atoms with E-state index in [1.165, 1.54) is 77.0 Å². The van der Waals surface area contributed by atoms with Gasteiger partial charge in [-0.15, -0.1) is 0 Å². The number of amides is 1. The topological polar surface area (TPSA) is 212 Å². The summed E-state index contributed by atoms with van der Waals surface area (Å²) in [5, 5.41) is 54.9. The first-order valence-electron chi connectivity index (χ1n) is 20.2. The van der Waals surface area contributed by atoms with Crippen LogP contribution < -0.4 is 5.32 Å². The van der Waals surface area contributed by atoms with Gasteiger partial charge in [0.2, 0.25) is 5.91 Å². The molecule has 0 radical (unpaired) electrons. The molecule has 1 amide bonds. The van der Waals surface area contributed by atoms with Gasteiger partial charge in [-0.05, 0) is 32.1 Å². The van der Waals surface area contributed by atoms with Crippen molar-refractivity contribution in [2.75, 3.05) is 13.2 Å². The maximum absolute atomic E-state index is 13.0. The molecule has 8 unspecified atom stereocenters. The molecule has 1 aliphatic heterocycles. The molecule has 1 saturated heterocycles. The molecule has 8 atom stereocenters. The van der Waals surface area contributed by atoms with Crippen LogP contribution in [0.15, 0.2) is 12.2 Å². The number of ether oxygens (including phenoxy) is 2. The first-order valence-corrected chi connectivity index (χ1v) is 21.5. The zero-order valence-electron chi connectivity index (χ0n) is 32.0. The highest BCUT2D eigenvalue weighted by molar-refractivity contribution is 7.80. The van der Waals surface area contributed by atoms with Crippen molar-refractivity contribution in [1.82, 2.24) is 5.32 Å². The Hall–Kier alpha value is -1.20. The average Bonchev–Trinajstić information content (AvgIpc) is 3.11. The van der Waals surface area contributed by atoms with Crippen molar-refractivity contribution < 1.29 is 57.0 Å². The second-order valence-corrected chi connectivity index (χ2v) is 15.4. The molecule has 308 valence electrons. The molecule has 14 heteroatoms. The Labute approximate surface area is 313 Å². The molecule has 0 aromatic heterocycles. The number of aliphatic hydroxyl groups excluding tert-OH is 5. The lowest BCUT2D eigenvalue weighted by atomic mass is 9.99. The molecule has 1 aliphatic rings. The van der Waals surface area contributed by atoms with Crippen molar-refractivity contribution in [2.45, 2.75) is 210 Å². The highest BCUT2D eigenvalue weighted by Gasteiger charge is 2.48. The van der Waals surface area contributed by atoms with Crippen LogP contribution in [-0.4, -0.2) is 107 Å². The molecule has 0 aliphatic carbocycles. The second-order valence-electron chi connectivity index (χ2n) is 14.4. The van der Waals surface area contributed by atoms with Crippen LogP contribution in [0.1, 0.15) is 162 Å². The van der Waals surface area contributed by atoms with Crippen molar-refractivity contribution >= 4 is 16.3 Å². The van der Waals surface area contributed by atoms with Gasteiger partial charge in [-0.2, -0.15) is 8.42 Å². The van der Waals surface area contributed by atoms with Gasteiger partial charge in [-0.1, -0.05) is 142 Å². The van der Waals surface area contributed by atoms with Crippen LogP contribution in [0.25, 0.3) is 0 Å². The Morgan fingerprint density at radius 2 is 1.25 bits per heavy atom. The number of aliphatic hydroxyl groups is 5. The van der Waals surface area contributed by atoms with E-state index in [0.29, 0.717) is 19.3 Å². The highest BCUT2D eigenvalue weighted by Crippen LogP contribution is 2.26. The molecular formula is C38H73NO12S. The summed E-state index contributed by atoms with van der Waals surface area (Å²) in [4.78, 5) is 13.0. The van der Waals surface area contributed by atoms with Gasteiger partial charge in [0, 0.05) is 0 Å². The number of unbranched alkanes of at least 4 members (excludes halogenated alkanes) is 18. The van der Waals surface area contributed by atoms with E-state index in [4.69, 9.17) is 14.0 Å². The molecule has 1 heterocycles. The zero-order valence-corrected chi connectivity index (χ0v) is 32.8. The van der Waals surface area contributed by atoms with Gasteiger partial charge in [0.25, 0.3) is 0 Å². The van der Waals surface area contributed by atoms with Gasteiger partial charge in [0.05, 0.1) is 25.4 Å². The summed E-state index contributed by atoms with van der Waals surface area (Å²) in [6.07, 6.45) is 17.3. The number of rotatable bonds is 33. The summed E-state index contributed by atoms with van der Waals surface area (Å²) in [5.41, 5.74) is 0. The van der Waals surface area contributed by atoms with E-state index in [1.54, 1.807) is 0 Å². The molecule has 7 N–H and O–H groups in total. The maximum atomic E-state index is 13.0. The summed E-state index contributed by atoms with van der Waals surface area (Å²) >= 11 is 0. The van der Waals surface area contributed by atoms with Gasteiger partial charge in [-0.3, -0.25) is 9.35 Å². The summed E-state index contributed by atoms with van der Waals surface area (Å²) in [5.74, 6) is -0.707. The third-order valence-electron chi connectivity index (χ3n) is 9.69. The standard InChI is InChI=1S/C38H73NO12S/c1-3-5-7-9-11-13-14-15-16-17-18-19-21-22-24-26-31(41)30(39-37(45)32(42)27-25-23-20-12-10-8-6-4-2)29-49-38-35(44)36(51-52(46,47)48)34(43)33(28-40)50-38/h20,23,30-36,38,40-44H,3-19,21-22,24-29H2,1-2H3,(H,39,45)(H,46,47,48)/b23-20-. The number of hydrogen-bond acceptors (Lipinski definition) is 11. The van der Waals surface area contributed by atoms with Gasteiger partial charge in [0.1, 0.15) is 30.5 Å². The normalized spacial score (nSPS) is 22.8. The zero-order chi connectivity index (χ0) is 38.6. The number of hydrogen-bond donors (Lipinski definition) is 7. The van der Waals surface area contributed by atoms with Crippen LogP contribution in [0.2, 0.25) is 0 Å². The average molecular weight is 768 g/mol. The molecule has 1 fully saturated rings. The van der Waals surface area contributed by atoms with Crippen LogP contribution in [0.5, 0.6) is 0 Å². The third-order valence-corrected chi connectivity index (χ3v) is 10.2. The van der Waals surface area contributed by atoms with Crippen LogP contribution in [0.3, 0.4) is 0 Å².